The molecule has 0 bridgehead atoms. The molecule has 2 saturated heterocycles. The molecule has 0 aliphatic carbocycles. The van der Waals surface area contributed by atoms with Crippen LogP contribution in [0.2, 0.25) is 0 Å². The minimum absolute atomic E-state index is 0.103. The molecule has 31 heavy (non-hydrogen) atoms. The molecule has 8 nitrogen and oxygen atoms in total. The number of aromatic nitrogens is 2. The third-order valence-corrected chi connectivity index (χ3v) is 6.28. The Morgan fingerprint density at radius 2 is 1.94 bits per heavy atom. The van der Waals surface area contributed by atoms with Crippen molar-refractivity contribution in [3.8, 4) is 5.75 Å². The first kappa shape index (κ1) is 21.8. The summed E-state index contributed by atoms with van der Waals surface area (Å²) in [7, 11) is 3.61. The van der Waals surface area contributed by atoms with Gasteiger partial charge in [-0.2, -0.15) is 0 Å². The first-order chi connectivity index (χ1) is 15.1. The zero-order valence-corrected chi connectivity index (χ0v) is 18.7. The minimum Gasteiger partial charge on any atom is -0.493 e. The minimum atomic E-state index is 0.103. The fraction of sp³-hybridized carbons (Fsp3) is 0.609. The molecule has 2 aromatic rings. The molecule has 4 rings (SSSR count). The number of carbonyl (C=O) groups is 1. The monoisotopic (exact) mass is 426 g/mol. The number of fused-ring (bicyclic) bond motifs is 1. The molecule has 1 N–H and O–H groups in total. The summed E-state index contributed by atoms with van der Waals surface area (Å²) in [5.74, 6) is 1.37. The van der Waals surface area contributed by atoms with E-state index in [1.54, 1.807) is 25.3 Å². The van der Waals surface area contributed by atoms with Gasteiger partial charge in [-0.15, -0.1) is 0 Å². The fourth-order valence-electron chi connectivity index (χ4n) is 4.49. The van der Waals surface area contributed by atoms with Crippen molar-refractivity contribution in [3.63, 3.8) is 0 Å². The lowest BCUT2D eigenvalue weighted by atomic mass is 9.92. The van der Waals surface area contributed by atoms with Crippen molar-refractivity contribution in [2.45, 2.75) is 25.2 Å². The Kier molecular flexibility index (Phi) is 7.19. The van der Waals surface area contributed by atoms with E-state index in [4.69, 9.17) is 4.74 Å². The van der Waals surface area contributed by atoms with Gasteiger partial charge in [0, 0.05) is 64.2 Å². The Labute approximate surface area is 184 Å². The van der Waals surface area contributed by atoms with Crippen LogP contribution >= 0.6 is 0 Å². The summed E-state index contributed by atoms with van der Waals surface area (Å²) in [5.41, 5.74) is 2.13. The van der Waals surface area contributed by atoms with E-state index in [1.807, 2.05) is 17.0 Å². The van der Waals surface area contributed by atoms with E-state index in [0.717, 1.165) is 81.7 Å². The Bertz CT molecular complexity index is 875. The molecule has 2 amide bonds. The zero-order valence-electron chi connectivity index (χ0n) is 18.7. The smallest absolute Gasteiger partial charge is 0.319 e. The predicted molar refractivity (Wildman–Crippen MR) is 122 cm³/mol. The van der Waals surface area contributed by atoms with Crippen LogP contribution in [0.5, 0.6) is 5.75 Å². The Hall–Kier alpha value is -2.45. The third kappa shape index (κ3) is 5.43. The number of hydrogen-bond acceptors (Lipinski definition) is 6. The van der Waals surface area contributed by atoms with Crippen molar-refractivity contribution in [2.75, 3.05) is 66.5 Å². The molecule has 1 aromatic heterocycles. The van der Waals surface area contributed by atoms with Gasteiger partial charge in [-0.05, 0) is 44.5 Å². The molecular formula is C23H34N6O2. The molecule has 2 aliphatic heterocycles. The number of piperidine rings is 1. The predicted octanol–water partition coefficient (Wildman–Crippen LogP) is 2.16. The lowest BCUT2D eigenvalue weighted by Gasteiger charge is -2.35. The number of amides is 2. The standard InChI is InChI=1S/C23H34N6O2/c1-27(2)23(30)29-13-11-28(12-14-29)10-3-15-31-19-4-5-20-21(16-19)25-17-26-22(20)18-6-8-24-9-7-18/h4-5,16-18,24H,3,6-15H2,1-2H3. The molecular weight excluding hydrogens is 392 g/mol. The summed E-state index contributed by atoms with van der Waals surface area (Å²) in [6.07, 6.45) is 4.90. The molecule has 168 valence electrons. The van der Waals surface area contributed by atoms with Crippen LogP contribution in [0.3, 0.4) is 0 Å². The molecule has 2 aliphatic rings. The van der Waals surface area contributed by atoms with Crippen LogP contribution in [0.15, 0.2) is 24.5 Å². The van der Waals surface area contributed by atoms with Gasteiger partial charge in [-0.3, -0.25) is 4.90 Å². The fourth-order valence-corrected chi connectivity index (χ4v) is 4.49. The number of ether oxygens (including phenoxy) is 1. The SMILES string of the molecule is CN(C)C(=O)N1CCN(CCCOc2ccc3c(C4CCNCC4)ncnc3c2)CC1. The van der Waals surface area contributed by atoms with Gasteiger partial charge < -0.3 is 19.9 Å². The van der Waals surface area contributed by atoms with Crippen molar-refractivity contribution < 1.29 is 9.53 Å². The highest BCUT2D eigenvalue weighted by Crippen LogP contribution is 2.30. The van der Waals surface area contributed by atoms with Gasteiger partial charge in [0.25, 0.3) is 0 Å². The van der Waals surface area contributed by atoms with Crippen LogP contribution in [0.25, 0.3) is 10.9 Å². The highest BCUT2D eigenvalue weighted by atomic mass is 16.5. The summed E-state index contributed by atoms with van der Waals surface area (Å²) in [5, 5.41) is 4.56. The highest BCUT2D eigenvalue weighted by molar-refractivity contribution is 5.82. The van der Waals surface area contributed by atoms with Crippen molar-refractivity contribution in [1.82, 2.24) is 30.0 Å². The number of rotatable bonds is 6. The van der Waals surface area contributed by atoms with Crippen molar-refractivity contribution in [3.05, 3.63) is 30.2 Å². The number of hydrogen-bond donors (Lipinski definition) is 1. The first-order valence-electron chi connectivity index (χ1n) is 11.4. The van der Waals surface area contributed by atoms with E-state index >= 15 is 0 Å². The van der Waals surface area contributed by atoms with Gasteiger partial charge in [0.15, 0.2) is 0 Å². The molecule has 0 spiro atoms. The summed E-state index contributed by atoms with van der Waals surface area (Å²) < 4.78 is 6.01. The Balaban J connectivity index is 1.25. The second kappa shape index (κ2) is 10.2. The molecule has 8 heteroatoms. The molecule has 0 atom stereocenters. The van der Waals surface area contributed by atoms with Gasteiger partial charge in [0.05, 0.1) is 17.8 Å². The number of nitrogens with zero attached hydrogens (tertiary/aromatic N) is 5. The van der Waals surface area contributed by atoms with Crippen LogP contribution in [0.1, 0.15) is 30.9 Å². The van der Waals surface area contributed by atoms with Crippen LogP contribution in [0.4, 0.5) is 4.79 Å². The normalized spacial score (nSPS) is 18.3. The molecule has 1 aromatic carbocycles. The van der Waals surface area contributed by atoms with E-state index in [9.17, 15) is 4.79 Å². The van der Waals surface area contributed by atoms with Gasteiger partial charge in [-0.25, -0.2) is 14.8 Å². The lowest BCUT2D eigenvalue weighted by Crippen LogP contribution is -2.51. The largest absolute Gasteiger partial charge is 0.493 e. The average Bonchev–Trinajstić information content (AvgIpc) is 2.81. The highest BCUT2D eigenvalue weighted by Gasteiger charge is 2.22. The maximum atomic E-state index is 12.0. The Morgan fingerprint density at radius 1 is 1.16 bits per heavy atom. The number of benzene rings is 1. The molecule has 0 saturated carbocycles. The third-order valence-electron chi connectivity index (χ3n) is 6.28. The maximum absolute atomic E-state index is 12.0. The van der Waals surface area contributed by atoms with Crippen LogP contribution < -0.4 is 10.1 Å². The number of nitrogens with one attached hydrogen (secondary N) is 1. The maximum Gasteiger partial charge on any atom is 0.319 e. The van der Waals surface area contributed by atoms with E-state index in [-0.39, 0.29) is 6.03 Å². The summed E-state index contributed by atoms with van der Waals surface area (Å²) >= 11 is 0. The van der Waals surface area contributed by atoms with Gasteiger partial charge in [0.2, 0.25) is 0 Å². The Morgan fingerprint density at radius 3 is 2.68 bits per heavy atom. The van der Waals surface area contributed by atoms with Crippen LogP contribution in [-0.2, 0) is 0 Å². The van der Waals surface area contributed by atoms with Gasteiger partial charge >= 0.3 is 6.03 Å². The molecule has 0 radical (unpaired) electrons. The second-order valence-corrected chi connectivity index (χ2v) is 8.67. The molecule has 3 heterocycles. The number of carbonyl (C=O) groups excluding carboxylic acids is 1. The summed E-state index contributed by atoms with van der Waals surface area (Å²) in [6.45, 7) is 7.20. The van der Waals surface area contributed by atoms with Crippen molar-refractivity contribution in [1.29, 1.82) is 0 Å². The van der Waals surface area contributed by atoms with Crippen LogP contribution in [-0.4, -0.2) is 97.2 Å². The molecule has 2 fully saturated rings. The van der Waals surface area contributed by atoms with E-state index in [2.05, 4.69) is 26.3 Å². The zero-order chi connectivity index (χ0) is 21.6. The van der Waals surface area contributed by atoms with E-state index in [1.165, 1.54) is 5.69 Å². The molecule has 0 unspecified atom stereocenters. The second-order valence-electron chi connectivity index (χ2n) is 8.67. The number of urea groups is 1. The van der Waals surface area contributed by atoms with E-state index < -0.39 is 0 Å². The average molecular weight is 427 g/mol. The summed E-state index contributed by atoms with van der Waals surface area (Å²) in [6, 6.07) is 6.30. The summed E-state index contributed by atoms with van der Waals surface area (Å²) in [4.78, 5) is 27.1. The van der Waals surface area contributed by atoms with Crippen molar-refractivity contribution in [2.24, 2.45) is 0 Å². The lowest BCUT2D eigenvalue weighted by molar-refractivity contribution is 0.119. The van der Waals surface area contributed by atoms with Crippen LogP contribution in [0, 0.1) is 0 Å². The number of piperazine rings is 1. The topological polar surface area (TPSA) is 73.8 Å². The van der Waals surface area contributed by atoms with E-state index in [0.29, 0.717) is 12.5 Å². The first-order valence-corrected chi connectivity index (χ1v) is 11.4. The van der Waals surface area contributed by atoms with Gasteiger partial charge in [0.1, 0.15) is 12.1 Å². The van der Waals surface area contributed by atoms with Crippen molar-refractivity contribution >= 4 is 16.9 Å². The quantitative estimate of drug-likeness (QED) is 0.714. The van der Waals surface area contributed by atoms with Gasteiger partial charge in [-0.1, -0.05) is 0 Å².